The first kappa shape index (κ1) is 17.1. The molecule has 0 spiro atoms. The van der Waals surface area contributed by atoms with Crippen molar-refractivity contribution in [2.45, 2.75) is 32.0 Å². The van der Waals surface area contributed by atoms with Crippen LogP contribution in [0.25, 0.3) is 0 Å². The fourth-order valence-electron chi connectivity index (χ4n) is 2.96. The molecule has 3 atom stereocenters. The third kappa shape index (κ3) is 4.23. The van der Waals surface area contributed by atoms with E-state index in [1.807, 2.05) is 43.9 Å². The number of nitrogens with zero attached hydrogens (tertiary/aromatic N) is 2. The summed E-state index contributed by atoms with van der Waals surface area (Å²) in [5.74, 6) is 0.391. The Morgan fingerprint density at radius 1 is 1.58 bits per heavy atom. The Morgan fingerprint density at radius 3 is 3.17 bits per heavy atom. The van der Waals surface area contributed by atoms with Crippen molar-refractivity contribution in [1.29, 1.82) is 0 Å². The van der Waals surface area contributed by atoms with E-state index in [4.69, 9.17) is 4.74 Å². The van der Waals surface area contributed by atoms with Crippen LogP contribution in [0, 0.1) is 5.92 Å². The Morgan fingerprint density at radius 2 is 2.46 bits per heavy atom. The minimum Gasteiger partial charge on any atom is -0.373 e. The molecule has 3 rings (SSSR count). The second-order valence-electron chi connectivity index (χ2n) is 6.21. The predicted molar refractivity (Wildman–Crippen MR) is 93.6 cm³/mol. The van der Waals surface area contributed by atoms with Crippen LogP contribution in [0.3, 0.4) is 0 Å². The summed E-state index contributed by atoms with van der Waals surface area (Å²) < 4.78 is 7.66. The molecule has 1 amide bonds. The lowest BCUT2D eigenvalue weighted by Gasteiger charge is -2.20. The smallest absolute Gasteiger partial charge is 0.237 e. The molecule has 6 nitrogen and oxygen atoms in total. The number of aryl methyl sites for hydroxylation is 1. The summed E-state index contributed by atoms with van der Waals surface area (Å²) >= 11 is 1.65. The van der Waals surface area contributed by atoms with Crippen LogP contribution in [0.1, 0.15) is 29.9 Å². The highest BCUT2D eigenvalue weighted by Gasteiger charge is 2.31. The largest absolute Gasteiger partial charge is 0.373 e. The van der Waals surface area contributed by atoms with Gasteiger partial charge in [0.05, 0.1) is 24.9 Å². The summed E-state index contributed by atoms with van der Waals surface area (Å²) in [6, 6.07) is 3.80. The van der Waals surface area contributed by atoms with Gasteiger partial charge in [-0.15, -0.1) is 11.3 Å². The fourth-order valence-corrected chi connectivity index (χ4v) is 3.60. The van der Waals surface area contributed by atoms with Crippen LogP contribution >= 0.6 is 11.3 Å². The molecule has 2 aromatic heterocycles. The number of nitrogens with one attached hydrogen (secondary N) is 2. The number of thiophene rings is 1. The van der Waals surface area contributed by atoms with E-state index in [1.54, 1.807) is 16.0 Å². The molecule has 1 fully saturated rings. The Bertz CT molecular complexity index is 655. The van der Waals surface area contributed by atoms with Crippen LogP contribution in [-0.2, 0) is 23.1 Å². The number of hydrogen-bond donors (Lipinski definition) is 2. The number of aromatic nitrogens is 2. The molecule has 3 heterocycles. The molecule has 1 aliphatic heterocycles. The Balaban J connectivity index is 1.46. The molecule has 0 bridgehead atoms. The second kappa shape index (κ2) is 7.92. The maximum absolute atomic E-state index is 12.2. The molecule has 0 aromatic carbocycles. The molecule has 0 aliphatic carbocycles. The van der Waals surface area contributed by atoms with Gasteiger partial charge in [-0.25, -0.2) is 0 Å². The second-order valence-corrected chi connectivity index (χ2v) is 7.25. The van der Waals surface area contributed by atoms with E-state index in [0.29, 0.717) is 12.5 Å². The van der Waals surface area contributed by atoms with Gasteiger partial charge in [-0.2, -0.15) is 5.10 Å². The van der Waals surface area contributed by atoms with Crippen LogP contribution < -0.4 is 10.6 Å². The lowest BCUT2D eigenvalue weighted by atomic mass is 9.97. The maximum atomic E-state index is 12.2. The minimum absolute atomic E-state index is 0.0280. The first-order valence-corrected chi connectivity index (χ1v) is 9.15. The number of hydrogen-bond acceptors (Lipinski definition) is 5. The van der Waals surface area contributed by atoms with Crippen molar-refractivity contribution in [3.8, 4) is 0 Å². The molecule has 130 valence electrons. The van der Waals surface area contributed by atoms with Gasteiger partial charge in [0.15, 0.2) is 0 Å². The van der Waals surface area contributed by atoms with Crippen molar-refractivity contribution in [1.82, 2.24) is 20.4 Å². The van der Waals surface area contributed by atoms with Crippen molar-refractivity contribution in [3.63, 3.8) is 0 Å². The average Bonchev–Trinajstić information content (AvgIpc) is 3.31. The van der Waals surface area contributed by atoms with Crippen molar-refractivity contribution in [2.24, 2.45) is 13.0 Å². The van der Waals surface area contributed by atoms with E-state index < -0.39 is 0 Å². The van der Waals surface area contributed by atoms with E-state index in [2.05, 4.69) is 15.7 Å². The quantitative estimate of drug-likeness (QED) is 0.801. The normalized spacial score (nSPS) is 21.8. The standard InChI is InChI=1S/C17H24N4O2S/c1-12(17(22)19-10-15-4-3-7-24-15)18-8-13-5-6-23-16(13)14-9-20-21(2)11-14/h3-4,7,9,11-13,16,18H,5-6,8,10H2,1-2H3,(H,19,22)/t12-,13+,16-/m0/s1. The zero-order valence-corrected chi connectivity index (χ0v) is 14.9. The van der Waals surface area contributed by atoms with Crippen molar-refractivity contribution < 1.29 is 9.53 Å². The molecule has 2 N–H and O–H groups in total. The summed E-state index contributed by atoms with van der Waals surface area (Å²) in [5.41, 5.74) is 1.11. The van der Waals surface area contributed by atoms with Crippen molar-refractivity contribution in [3.05, 3.63) is 40.3 Å². The number of carbonyl (C=O) groups excluding carboxylic acids is 1. The first-order chi connectivity index (χ1) is 11.6. The number of rotatable bonds is 7. The molecular weight excluding hydrogens is 324 g/mol. The highest BCUT2D eigenvalue weighted by Crippen LogP contribution is 2.33. The monoisotopic (exact) mass is 348 g/mol. The minimum atomic E-state index is -0.222. The molecule has 1 saturated heterocycles. The lowest BCUT2D eigenvalue weighted by molar-refractivity contribution is -0.123. The summed E-state index contributed by atoms with van der Waals surface area (Å²) in [5, 5.41) is 12.6. The van der Waals surface area contributed by atoms with Crippen molar-refractivity contribution in [2.75, 3.05) is 13.2 Å². The molecular formula is C17H24N4O2S. The lowest BCUT2D eigenvalue weighted by Crippen LogP contribution is -2.43. The molecule has 0 saturated carbocycles. The zero-order chi connectivity index (χ0) is 16.9. The van der Waals surface area contributed by atoms with Gasteiger partial charge in [0.2, 0.25) is 5.91 Å². The van der Waals surface area contributed by atoms with E-state index in [-0.39, 0.29) is 18.1 Å². The molecule has 1 aliphatic rings. The summed E-state index contributed by atoms with van der Waals surface area (Å²) in [7, 11) is 1.91. The van der Waals surface area contributed by atoms with Gasteiger partial charge in [-0.1, -0.05) is 6.07 Å². The Hall–Kier alpha value is -1.70. The first-order valence-electron chi connectivity index (χ1n) is 8.27. The molecule has 24 heavy (non-hydrogen) atoms. The summed E-state index contributed by atoms with van der Waals surface area (Å²) in [6.07, 6.45) is 4.92. The van der Waals surface area contributed by atoms with Gasteiger partial charge in [0.1, 0.15) is 0 Å². The third-order valence-corrected chi connectivity index (χ3v) is 5.24. The average molecular weight is 348 g/mol. The topological polar surface area (TPSA) is 68.2 Å². The summed E-state index contributed by atoms with van der Waals surface area (Å²) in [6.45, 7) is 4.00. The van der Waals surface area contributed by atoms with Gasteiger partial charge >= 0.3 is 0 Å². The number of carbonyl (C=O) groups is 1. The van der Waals surface area contributed by atoms with Crippen LogP contribution in [0.15, 0.2) is 29.9 Å². The highest BCUT2D eigenvalue weighted by atomic mass is 32.1. The summed E-state index contributed by atoms with van der Waals surface area (Å²) in [4.78, 5) is 13.3. The third-order valence-electron chi connectivity index (χ3n) is 4.36. The van der Waals surface area contributed by atoms with Crippen LogP contribution in [0.2, 0.25) is 0 Å². The highest BCUT2D eigenvalue weighted by molar-refractivity contribution is 7.09. The van der Waals surface area contributed by atoms with Gasteiger partial charge < -0.3 is 15.4 Å². The van der Waals surface area contributed by atoms with Crippen LogP contribution in [-0.4, -0.2) is 34.9 Å². The van der Waals surface area contributed by atoms with Gasteiger partial charge in [-0.05, 0) is 24.8 Å². The van der Waals surface area contributed by atoms with E-state index in [9.17, 15) is 4.79 Å². The molecule has 0 radical (unpaired) electrons. The molecule has 2 aromatic rings. The number of amides is 1. The van der Waals surface area contributed by atoms with Gasteiger partial charge in [0.25, 0.3) is 0 Å². The van der Waals surface area contributed by atoms with Gasteiger partial charge in [0, 0.05) is 42.8 Å². The SMILES string of the molecule is C[C@H](NC[C@H]1CCO[C@@H]1c1cnn(C)c1)C(=O)NCc1cccs1. The van der Waals surface area contributed by atoms with E-state index in [0.717, 1.165) is 30.0 Å². The van der Waals surface area contributed by atoms with Crippen LogP contribution in [0.4, 0.5) is 0 Å². The van der Waals surface area contributed by atoms with E-state index in [1.165, 1.54) is 0 Å². The zero-order valence-electron chi connectivity index (χ0n) is 14.1. The van der Waals surface area contributed by atoms with Gasteiger partial charge in [-0.3, -0.25) is 9.48 Å². The fraction of sp³-hybridized carbons (Fsp3) is 0.529. The number of ether oxygens (including phenoxy) is 1. The molecule has 7 heteroatoms. The van der Waals surface area contributed by atoms with E-state index >= 15 is 0 Å². The Labute approximate surface area is 146 Å². The molecule has 0 unspecified atom stereocenters. The van der Waals surface area contributed by atoms with Crippen LogP contribution in [0.5, 0.6) is 0 Å². The van der Waals surface area contributed by atoms with Crippen molar-refractivity contribution >= 4 is 17.2 Å². The Kier molecular flexibility index (Phi) is 5.65. The maximum Gasteiger partial charge on any atom is 0.237 e. The predicted octanol–water partition coefficient (Wildman–Crippen LogP) is 1.85.